The summed E-state index contributed by atoms with van der Waals surface area (Å²) in [6.45, 7) is 1.81. The van der Waals surface area contributed by atoms with Crippen LogP contribution in [0.5, 0.6) is 0 Å². The zero-order valence-electron chi connectivity index (χ0n) is 9.98. The molecule has 2 fully saturated rings. The third kappa shape index (κ3) is 1.85. The molecule has 3 atom stereocenters. The van der Waals surface area contributed by atoms with Crippen LogP contribution >= 0.6 is 0 Å². The lowest BCUT2D eigenvalue weighted by Crippen LogP contribution is -2.09. The van der Waals surface area contributed by atoms with Crippen molar-refractivity contribution in [3.05, 3.63) is 17.3 Å². The molecule has 0 spiro atoms. The Hall–Kier alpha value is -1.32. The fourth-order valence-electron chi connectivity index (χ4n) is 3.46. The highest BCUT2D eigenvalue weighted by molar-refractivity contribution is 5.69. The van der Waals surface area contributed by atoms with Crippen LogP contribution in [0.4, 0.5) is 0 Å². The summed E-state index contributed by atoms with van der Waals surface area (Å²) in [6.07, 6.45) is 5.08. The Balaban J connectivity index is 1.82. The molecule has 3 rings (SSSR count). The summed E-state index contributed by atoms with van der Waals surface area (Å²) in [6, 6.07) is 0. The van der Waals surface area contributed by atoms with Gasteiger partial charge in [-0.1, -0.05) is 6.42 Å². The van der Waals surface area contributed by atoms with E-state index in [0.29, 0.717) is 17.4 Å². The number of aromatic nitrogens is 1. The number of aryl methyl sites for hydroxylation is 1. The lowest BCUT2D eigenvalue weighted by atomic mass is 9.89. The summed E-state index contributed by atoms with van der Waals surface area (Å²) in [4.78, 5) is 15.1. The Morgan fingerprint density at radius 2 is 2.29 bits per heavy atom. The van der Waals surface area contributed by atoms with Crippen LogP contribution in [0, 0.1) is 18.8 Å². The number of aliphatic carboxylic acids is 1. The average Bonchev–Trinajstić information content (AvgIpc) is 2.93. The summed E-state index contributed by atoms with van der Waals surface area (Å²) in [7, 11) is 0. The van der Waals surface area contributed by atoms with E-state index in [1.54, 1.807) is 0 Å². The quantitative estimate of drug-likeness (QED) is 0.874. The average molecular weight is 235 g/mol. The maximum absolute atomic E-state index is 10.7. The van der Waals surface area contributed by atoms with Crippen molar-refractivity contribution < 1.29 is 14.3 Å². The van der Waals surface area contributed by atoms with Crippen molar-refractivity contribution in [1.82, 2.24) is 4.98 Å². The first-order valence-electron chi connectivity index (χ1n) is 6.31. The molecule has 0 aromatic carbocycles. The normalized spacial score (nSPS) is 31.0. The molecular weight excluding hydrogens is 218 g/mol. The second-order valence-corrected chi connectivity index (χ2v) is 5.41. The molecule has 4 heteroatoms. The first-order chi connectivity index (χ1) is 8.13. The summed E-state index contributed by atoms with van der Waals surface area (Å²) in [5.41, 5.74) is 0.593. The first kappa shape index (κ1) is 10.8. The predicted molar refractivity (Wildman–Crippen MR) is 60.8 cm³/mol. The molecule has 0 saturated heterocycles. The van der Waals surface area contributed by atoms with E-state index in [9.17, 15) is 4.79 Å². The van der Waals surface area contributed by atoms with E-state index in [0.717, 1.165) is 17.7 Å². The fourth-order valence-corrected chi connectivity index (χ4v) is 3.46. The molecule has 17 heavy (non-hydrogen) atoms. The molecule has 1 heterocycles. The zero-order valence-corrected chi connectivity index (χ0v) is 9.98. The Bertz CT molecular complexity index is 452. The van der Waals surface area contributed by atoms with E-state index in [2.05, 4.69) is 4.98 Å². The molecule has 92 valence electrons. The number of rotatable bonds is 3. The van der Waals surface area contributed by atoms with Gasteiger partial charge in [-0.2, -0.15) is 0 Å². The lowest BCUT2D eigenvalue weighted by molar-refractivity contribution is -0.136. The van der Waals surface area contributed by atoms with Crippen LogP contribution < -0.4 is 0 Å². The number of nitrogens with zero attached hydrogens (tertiary/aromatic N) is 1. The number of oxazole rings is 1. The monoisotopic (exact) mass is 235 g/mol. The van der Waals surface area contributed by atoms with Crippen molar-refractivity contribution in [3.8, 4) is 0 Å². The topological polar surface area (TPSA) is 63.3 Å². The number of carbonyl (C=O) groups is 1. The summed E-state index contributed by atoms with van der Waals surface area (Å²) < 4.78 is 5.68. The molecule has 4 nitrogen and oxygen atoms in total. The Kier molecular flexibility index (Phi) is 2.45. The maximum Gasteiger partial charge on any atom is 0.309 e. The molecule has 0 radical (unpaired) electrons. The highest BCUT2D eigenvalue weighted by Crippen LogP contribution is 2.52. The third-order valence-electron chi connectivity index (χ3n) is 4.28. The molecule has 1 aromatic heterocycles. The molecule has 2 aliphatic rings. The molecule has 2 bridgehead atoms. The van der Waals surface area contributed by atoms with Gasteiger partial charge in [0.2, 0.25) is 0 Å². The molecule has 3 unspecified atom stereocenters. The third-order valence-corrected chi connectivity index (χ3v) is 4.28. The Morgan fingerprint density at radius 1 is 1.47 bits per heavy atom. The van der Waals surface area contributed by atoms with Crippen LogP contribution in [0.25, 0.3) is 0 Å². The van der Waals surface area contributed by atoms with Gasteiger partial charge in [0.1, 0.15) is 5.76 Å². The summed E-state index contributed by atoms with van der Waals surface area (Å²) in [5.74, 6) is 2.61. The zero-order chi connectivity index (χ0) is 12.0. The van der Waals surface area contributed by atoms with Gasteiger partial charge in [-0.3, -0.25) is 4.79 Å². The van der Waals surface area contributed by atoms with Gasteiger partial charge in [0.05, 0.1) is 12.1 Å². The van der Waals surface area contributed by atoms with Crippen LogP contribution in [-0.4, -0.2) is 16.1 Å². The van der Waals surface area contributed by atoms with Crippen molar-refractivity contribution in [2.24, 2.45) is 11.8 Å². The van der Waals surface area contributed by atoms with E-state index < -0.39 is 5.97 Å². The van der Waals surface area contributed by atoms with Gasteiger partial charge in [-0.05, 0) is 38.0 Å². The van der Waals surface area contributed by atoms with Crippen LogP contribution in [0.15, 0.2) is 4.42 Å². The van der Waals surface area contributed by atoms with Gasteiger partial charge >= 0.3 is 5.97 Å². The van der Waals surface area contributed by atoms with E-state index in [1.165, 1.54) is 25.7 Å². The minimum atomic E-state index is -0.846. The SMILES string of the molecule is Cc1oc(C2CC3CCC2C3)nc1CC(=O)O. The minimum Gasteiger partial charge on any atom is -0.481 e. The van der Waals surface area contributed by atoms with E-state index in [1.807, 2.05) is 6.92 Å². The molecule has 0 aliphatic heterocycles. The molecule has 2 aliphatic carbocycles. The van der Waals surface area contributed by atoms with Gasteiger partial charge in [-0.25, -0.2) is 4.98 Å². The number of fused-ring (bicyclic) bond motifs is 2. The van der Waals surface area contributed by atoms with Crippen LogP contribution in [-0.2, 0) is 11.2 Å². The van der Waals surface area contributed by atoms with Crippen LogP contribution in [0.2, 0.25) is 0 Å². The van der Waals surface area contributed by atoms with Gasteiger partial charge in [0, 0.05) is 5.92 Å². The molecular formula is C13H17NO3. The van der Waals surface area contributed by atoms with Gasteiger partial charge in [-0.15, -0.1) is 0 Å². The summed E-state index contributed by atoms with van der Waals surface area (Å²) >= 11 is 0. The van der Waals surface area contributed by atoms with Crippen molar-refractivity contribution in [1.29, 1.82) is 0 Å². The lowest BCUT2D eigenvalue weighted by Gasteiger charge is -2.17. The molecule has 2 saturated carbocycles. The van der Waals surface area contributed by atoms with Crippen molar-refractivity contribution >= 4 is 5.97 Å². The van der Waals surface area contributed by atoms with Gasteiger partial charge in [0.25, 0.3) is 0 Å². The van der Waals surface area contributed by atoms with E-state index >= 15 is 0 Å². The van der Waals surface area contributed by atoms with Crippen molar-refractivity contribution in [2.75, 3.05) is 0 Å². The highest BCUT2D eigenvalue weighted by Gasteiger charge is 2.42. The van der Waals surface area contributed by atoms with Crippen LogP contribution in [0.1, 0.15) is 48.9 Å². The fraction of sp³-hybridized carbons (Fsp3) is 0.692. The standard InChI is InChI=1S/C13H17NO3/c1-7-11(6-12(15)16)14-13(17-7)10-5-8-2-3-9(10)4-8/h8-10H,2-6H2,1H3,(H,15,16). The maximum atomic E-state index is 10.7. The summed E-state index contributed by atoms with van der Waals surface area (Å²) in [5, 5.41) is 8.79. The van der Waals surface area contributed by atoms with E-state index in [4.69, 9.17) is 9.52 Å². The number of hydrogen-bond donors (Lipinski definition) is 1. The van der Waals surface area contributed by atoms with Gasteiger partial charge in [0.15, 0.2) is 5.89 Å². The first-order valence-corrected chi connectivity index (χ1v) is 6.31. The van der Waals surface area contributed by atoms with Gasteiger partial charge < -0.3 is 9.52 Å². The Morgan fingerprint density at radius 3 is 2.88 bits per heavy atom. The minimum absolute atomic E-state index is 0.0316. The van der Waals surface area contributed by atoms with Crippen LogP contribution in [0.3, 0.4) is 0 Å². The molecule has 1 N–H and O–H groups in total. The second kappa shape index (κ2) is 3.86. The van der Waals surface area contributed by atoms with E-state index in [-0.39, 0.29) is 6.42 Å². The number of hydrogen-bond acceptors (Lipinski definition) is 3. The largest absolute Gasteiger partial charge is 0.481 e. The number of carboxylic acid groups (broad SMARTS) is 1. The van der Waals surface area contributed by atoms with Crippen molar-refractivity contribution in [3.63, 3.8) is 0 Å². The molecule has 1 aromatic rings. The smallest absolute Gasteiger partial charge is 0.309 e. The Labute approximate surface area is 100 Å². The van der Waals surface area contributed by atoms with Crippen molar-refractivity contribution in [2.45, 2.75) is 44.9 Å². The number of carboxylic acids is 1. The second-order valence-electron chi connectivity index (χ2n) is 5.41. The predicted octanol–water partition coefficient (Wildman–Crippen LogP) is 2.51. The molecule has 0 amide bonds. The highest BCUT2D eigenvalue weighted by atomic mass is 16.4.